The van der Waals surface area contributed by atoms with Gasteiger partial charge in [0.1, 0.15) is 5.69 Å². The van der Waals surface area contributed by atoms with Crippen LogP contribution >= 0.6 is 11.3 Å². The molecule has 1 fully saturated rings. The Labute approximate surface area is 229 Å². The molecule has 0 radical (unpaired) electrons. The molecule has 0 atom stereocenters. The van der Waals surface area contributed by atoms with E-state index in [-0.39, 0.29) is 5.56 Å². The molecule has 5 aromatic rings. The zero-order chi connectivity index (χ0) is 26.8. The van der Waals surface area contributed by atoms with Crippen LogP contribution in [0.15, 0.2) is 97.7 Å². The van der Waals surface area contributed by atoms with Crippen molar-refractivity contribution < 1.29 is 9.15 Å². The summed E-state index contributed by atoms with van der Waals surface area (Å²) in [6, 6.07) is 21.6. The topological polar surface area (TPSA) is 82.2 Å². The summed E-state index contributed by atoms with van der Waals surface area (Å²) in [7, 11) is 1.86. The van der Waals surface area contributed by atoms with Crippen LogP contribution in [-0.4, -0.2) is 46.6 Å². The van der Waals surface area contributed by atoms with Gasteiger partial charge in [-0.25, -0.2) is 14.4 Å². The van der Waals surface area contributed by atoms with Gasteiger partial charge in [-0.2, -0.15) is 5.10 Å². The molecule has 1 saturated heterocycles. The fraction of sp³-hybridized carbons (Fsp3) is 0.207. The minimum atomic E-state index is -0.191. The van der Waals surface area contributed by atoms with Crippen molar-refractivity contribution in [1.82, 2.24) is 14.0 Å². The zero-order valence-electron chi connectivity index (χ0n) is 21.7. The molecule has 0 aliphatic carbocycles. The summed E-state index contributed by atoms with van der Waals surface area (Å²) in [5.41, 5.74) is 4.58. The molecule has 1 aliphatic heterocycles. The van der Waals surface area contributed by atoms with E-state index in [1.807, 2.05) is 78.6 Å². The average Bonchev–Trinajstić information content (AvgIpc) is 3.70. The third-order valence-corrected chi connectivity index (χ3v) is 7.60. The minimum absolute atomic E-state index is 0.191. The lowest BCUT2D eigenvalue weighted by molar-refractivity contribution is 0.122. The van der Waals surface area contributed by atoms with E-state index in [4.69, 9.17) is 19.2 Å². The number of hydrogen-bond acceptors (Lipinski definition) is 7. The van der Waals surface area contributed by atoms with E-state index >= 15 is 0 Å². The molecule has 10 heteroatoms. The van der Waals surface area contributed by atoms with Gasteiger partial charge in [-0.15, -0.1) is 11.3 Å². The van der Waals surface area contributed by atoms with Crippen LogP contribution in [0.2, 0.25) is 0 Å². The summed E-state index contributed by atoms with van der Waals surface area (Å²) in [5.74, 6) is 0.666. The van der Waals surface area contributed by atoms with Crippen molar-refractivity contribution in [3.8, 4) is 17.1 Å². The maximum Gasteiger partial charge on any atom is 0.297 e. The van der Waals surface area contributed by atoms with E-state index in [9.17, 15) is 4.79 Å². The van der Waals surface area contributed by atoms with Gasteiger partial charge in [-0.05, 0) is 48.9 Å². The molecule has 9 nitrogen and oxygen atoms in total. The summed E-state index contributed by atoms with van der Waals surface area (Å²) in [6.07, 6.45) is 3.42. The number of furan rings is 1. The minimum Gasteiger partial charge on any atom is -0.463 e. The number of morpholine rings is 1. The molecule has 0 N–H and O–H groups in total. The van der Waals surface area contributed by atoms with Crippen molar-refractivity contribution in [2.24, 2.45) is 17.1 Å². The smallest absolute Gasteiger partial charge is 0.297 e. The van der Waals surface area contributed by atoms with Gasteiger partial charge < -0.3 is 14.1 Å². The summed E-state index contributed by atoms with van der Waals surface area (Å²) in [5, 5.41) is 6.71. The van der Waals surface area contributed by atoms with Crippen molar-refractivity contribution in [1.29, 1.82) is 0 Å². The van der Waals surface area contributed by atoms with Gasteiger partial charge in [0.15, 0.2) is 11.4 Å². The van der Waals surface area contributed by atoms with Crippen molar-refractivity contribution in [3.63, 3.8) is 0 Å². The molecule has 39 heavy (non-hydrogen) atoms. The largest absolute Gasteiger partial charge is 0.463 e. The molecule has 0 spiro atoms. The molecule has 4 heterocycles. The van der Waals surface area contributed by atoms with Gasteiger partial charge in [-0.3, -0.25) is 9.48 Å². The highest BCUT2D eigenvalue weighted by atomic mass is 32.1. The van der Waals surface area contributed by atoms with Crippen LogP contribution in [0.5, 0.6) is 0 Å². The maximum absolute atomic E-state index is 13.5. The Hall–Kier alpha value is -4.41. The van der Waals surface area contributed by atoms with Crippen LogP contribution in [-0.2, 0) is 11.8 Å². The zero-order valence-corrected chi connectivity index (χ0v) is 22.5. The number of para-hydroxylation sites is 1. The van der Waals surface area contributed by atoms with Crippen LogP contribution in [0.4, 0.5) is 11.4 Å². The number of hydrogen-bond donors (Lipinski definition) is 0. The van der Waals surface area contributed by atoms with E-state index in [2.05, 4.69) is 17.0 Å². The number of nitrogens with zero attached hydrogens (tertiary/aromatic N) is 6. The van der Waals surface area contributed by atoms with E-state index in [0.717, 1.165) is 48.9 Å². The van der Waals surface area contributed by atoms with Crippen LogP contribution in [0.3, 0.4) is 0 Å². The first kappa shape index (κ1) is 24.9. The predicted molar refractivity (Wildman–Crippen MR) is 153 cm³/mol. The molecule has 0 saturated carbocycles. The van der Waals surface area contributed by atoms with Gasteiger partial charge in [0.2, 0.25) is 4.80 Å². The summed E-state index contributed by atoms with van der Waals surface area (Å²) in [6.45, 7) is 5.17. The molecule has 6 rings (SSSR count). The molecular weight excluding hydrogens is 512 g/mol. The fourth-order valence-corrected chi connectivity index (χ4v) is 5.40. The van der Waals surface area contributed by atoms with Crippen molar-refractivity contribution in [2.75, 3.05) is 31.2 Å². The molecule has 0 amide bonds. The highest BCUT2D eigenvalue weighted by molar-refractivity contribution is 7.07. The highest BCUT2D eigenvalue weighted by Gasteiger charge is 2.17. The Morgan fingerprint density at radius 2 is 1.72 bits per heavy atom. The van der Waals surface area contributed by atoms with E-state index in [1.165, 1.54) is 17.0 Å². The molecule has 198 valence electrons. The van der Waals surface area contributed by atoms with Gasteiger partial charge in [0, 0.05) is 31.2 Å². The molecular formula is C29H28N6O3S. The molecule has 0 bridgehead atoms. The summed E-state index contributed by atoms with van der Waals surface area (Å²) >= 11 is 1.40. The maximum atomic E-state index is 13.5. The van der Waals surface area contributed by atoms with Gasteiger partial charge in [-0.1, -0.05) is 30.3 Å². The van der Waals surface area contributed by atoms with E-state index in [0.29, 0.717) is 16.2 Å². The predicted octanol–water partition coefficient (Wildman–Crippen LogP) is 4.56. The number of aromatic nitrogens is 3. The number of ether oxygens (including phenoxy) is 1. The third-order valence-electron chi connectivity index (χ3n) is 6.78. The Morgan fingerprint density at radius 1 is 0.949 bits per heavy atom. The number of benzene rings is 2. The summed E-state index contributed by atoms with van der Waals surface area (Å²) < 4.78 is 16.3. The molecule has 0 unspecified atom stereocenters. The van der Waals surface area contributed by atoms with Crippen LogP contribution in [0.1, 0.15) is 11.3 Å². The molecule has 1 aliphatic rings. The van der Waals surface area contributed by atoms with Crippen molar-refractivity contribution in [3.05, 3.63) is 105 Å². The van der Waals surface area contributed by atoms with Gasteiger partial charge in [0.05, 0.1) is 37.1 Å². The first-order valence-electron chi connectivity index (χ1n) is 12.7. The fourth-order valence-electron chi connectivity index (χ4n) is 4.58. The Kier molecular flexibility index (Phi) is 6.87. The second kappa shape index (κ2) is 10.8. The SMILES string of the molecule is Cc1c(N=c2scc(-c3ccco3)n2N=Cc2ccc(N3CCOCC3)cc2)c(=O)n(-c2ccccc2)n1C. The van der Waals surface area contributed by atoms with E-state index in [1.54, 1.807) is 21.8 Å². The Morgan fingerprint density at radius 3 is 2.44 bits per heavy atom. The van der Waals surface area contributed by atoms with E-state index < -0.39 is 0 Å². The lowest BCUT2D eigenvalue weighted by atomic mass is 10.2. The molecule has 3 aromatic heterocycles. The quantitative estimate of drug-likeness (QED) is 0.296. The van der Waals surface area contributed by atoms with Gasteiger partial charge in [0.25, 0.3) is 5.56 Å². The summed E-state index contributed by atoms with van der Waals surface area (Å²) in [4.78, 5) is 21.2. The standard InChI is InChI=1S/C29H28N6O3S/c1-21-27(28(36)35(32(21)2)24-7-4-3-5-8-24)31-29-34(25(20-39-29)26-9-6-16-38-26)30-19-22-10-12-23(13-11-22)33-14-17-37-18-15-33/h3-13,16,19-20H,14-15,17-18H2,1-2H3. The molecule has 2 aromatic carbocycles. The van der Waals surface area contributed by atoms with Gasteiger partial charge >= 0.3 is 0 Å². The Bertz CT molecular complexity index is 1720. The number of rotatable bonds is 6. The Balaban J connectivity index is 1.40. The lowest BCUT2D eigenvalue weighted by Crippen LogP contribution is -2.36. The first-order chi connectivity index (χ1) is 19.1. The van der Waals surface area contributed by atoms with Crippen molar-refractivity contribution >= 4 is 28.9 Å². The van der Waals surface area contributed by atoms with Crippen LogP contribution in [0.25, 0.3) is 17.1 Å². The van der Waals surface area contributed by atoms with Crippen molar-refractivity contribution in [2.45, 2.75) is 6.92 Å². The second-order valence-corrected chi connectivity index (χ2v) is 9.99. The monoisotopic (exact) mass is 540 g/mol. The second-order valence-electron chi connectivity index (χ2n) is 9.15. The third kappa shape index (κ3) is 4.91. The van der Waals surface area contributed by atoms with Crippen LogP contribution < -0.4 is 15.3 Å². The first-order valence-corrected chi connectivity index (χ1v) is 13.6. The number of anilines is 1. The average molecular weight is 541 g/mol. The van der Waals surface area contributed by atoms with Crippen LogP contribution in [0, 0.1) is 6.92 Å². The lowest BCUT2D eigenvalue weighted by Gasteiger charge is -2.28. The normalized spacial score (nSPS) is 14.5. The number of thiazole rings is 1. The highest BCUT2D eigenvalue weighted by Crippen LogP contribution is 2.22.